The first-order valence-electron chi connectivity index (χ1n) is 39.6. The molecular weight excluding hydrogens is 2330 g/mol. The van der Waals surface area contributed by atoms with Gasteiger partial charge >= 0.3 is 413 Å². The van der Waals surface area contributed by atoms with Gasteiger partial charge in [-0.15, -0.1) is 35.5 Å². The first-order valence-corrected chi connectivity index (χ1v) is 44.9. The van der Waals surface area contributed by atoms with Crippen LogP contribution in [0.3, 0.4) is 0 Å². The summed E-state index contributed by atoms with van der Waals surface area (Å²) in [5.74, 6) is 5.94. The average molecular weight is 2450 g/mol. The van der Waals surface area contributed by atoms with Crippen molar-refractivity contribution in [2.75, 3.05) is 56.0 Å². The van der Waals surface area contributed by atoms with Crippen LogP contribution in [0.5, 0.6) is 17.2 Å². The number of anilines is 3. The van der Waals surface area contributed by atoms with Crippen LogP contribution in [-0.2, 0) is 48.2 Å². The number of hydrogen-bond acceptors (Lipinski definition) is 21. The molecule has 9 aromatic rings. The minimum Gasteiger partial charge on any atom is -0.542 e. The molecule has 0 aliphatic carbocycles. The summed E-state index contributed by atoms with van der Waals surface area (Å²) in [4.78, 5) is 26.6. The van der Waals surface area contributed by atoms with Crippen molar-refractivity contribution in [3.63, 3.8) is 0 Å². The Hall–Kier alpha value is 5.74. The normalized spacial score (nSPS) is 21.4. The van der Waals surface area contributed by atoms with Gasteiger partial charge in [0.05, 0.1) is 44.0 Å². The zero-order chi connectivity index (χ0) is 80.2. The third kappa shape index (κ3) is 46.7. The van der Waals surface area contributed by atoms with E-state index in [-0.39, 0.29) is 441 Å². The number of hydrogen-bond donors (Lipinski definition) is 0. The third-order valence-corrected chi connectivity index (χ3v) is 25.0. The summed E-state index contributed by atoms with van der Waals surface area (Å²) >= 11 is 10.7. The molecule has 6 unspecified atom stereocenters. The molecule has 0 spiro atoms. The van der Waals surface area contributed by atoms with Gasteiger partial charge in [0, 0.05) is 118 Å². The second kappa shape index (κ2) is 67.9. The SMILES string of the molecule is CCCN(C)c1cccc(SC2C[C@@H](C)[CH-]O2)c1.CCN(C)c1cccc(SC2C[C@@H](C)[CH-]O2)c1.C[C@H]1[CH-]OC(Sc2ccc(N(C)C)cc2)C1.C[C@H]1[CH-]OC(Sc2cccc(OCc3ccccn3)c2)C1.C[C@H]1[CH-]OC(Sc2cccc(OCc3ccccn3)c2)C1.C[C@H]1[CH-]OC(Sc2cccc(OCc3cccnc3)c2)C1.[Cs+].[Cs+].[Cs+].[Cs+].[Cs+].[Cs+]. The maximum absolute atomic E-state index is 5.82. The molecular formula is C93H114Cs6N6O9S6. The van der Waals surface area contributed by atoms with Crippen molar-refractivity contribution in [2.45, 2.75) is 182 Å². The topological polar surface area (TPSA) is 131 Å². The molecule has 0 amide bonds. The summed E-state index contributed by atoms with van der Waals surface area (Å²) in [5, 5.41) is 0. The zero-order valence-corrected chi connectivity index (χ0v) is 117. The van der Waals surface area contributed by atoms with Crippen molar-refractivity contribution < 1.29 is 456 Å². The van der Waals surface area contributed by atoms with E-state index in [1.807, 2.05) is 154 Å². The van der Waals surface area contributed by atoms with Gasteiger partial charge in [-0.25, -0.2) is 39.6 Å². The molecule has 12 atom stereocenters. The van der Waals surface area contributed by atoms with Gasteiger partial charge in [-0.2, -0.15) is 0 Å². The van der Waals surface area contributed by atoms with Crippen molar-refractivity contribution in [3.05, 3.63) is 276 Å². The summed E-state index contributed by atoms with van der Waals surface area (Å²) in [6.45, 7) is 32.8. The number of benzene rings is 6. The summed E-state index contributed by atoms with van der Waals surface area (Å²) < 4.78 is 51.1. The Bertz CT molecular complexity index is 3960. The maximum atomic E-state index is 5.82. The molecule has 15 rings (SSSR count). The van der Waals surface area contributed by atoms with E-state index in [4.69, 9.17) is 42.6 Å². The van der Waals surface area contributed by atoms with Crippen LogP contribution in [0, 0.1) is 75.1 Å². The van der Waals surface area contributed by atoms with Crippen molar-refractivity contribution in [1.29, 1.82) is 0 Å². The standard InChI is InChI=1S/3C17H18NO2S.C15H22NOS.C14H20NOS.C13H18NOS.6Cs/c1-13-8-17(20-11-13)21-16-6-2-5-15(9-16)19-12-14-4-3-7-18-10-14;2*1-13-9-17(20-11-13)21-16-7-4-6-15(10-16)19-12-14-5-2-3-8-18-14;1-4-8-16(3)13-6-5-7-14(10-13)18-15-9-12(2)11-17-15;1-4-15(3)12-6-5-7-13(9-12)17-14-8-11(2)10-16-14;1-10-8-13(15-9-10)16-12-6-4-11(5-7-12)14(2)3;;;;;;/h2-7,9-11,13,17H,8,12H2,1H3;2*2-8,10-11,13,17H,9,12H2,1H3;5-7,10-12,15H,4,8-9H2,1-3H3;5-7,9-11,14H,4,8H2,1-3H3;4-7,9-10,13H,8H2,1-3H3;;;;;;/q6*-1;6*+1/t3*13-,17?;12-,15?;11-,14?;10-,13?;;;;;;/m111111....../s1. The van der Waals surface area contributed by atoms with E-state index in [9.17, 15) is 0 Å². The van der Waals surface area contributed by atoms with Crippen LogP contribution in [0.25, 0.3) is 0 Å². The molecule has 6 aromatic carbocycles. The molecule has 0 saturated carbocycles. The molecule has 0 N–H and O–H groups in total. The fraction of sp³-hybridized carbons (Fsp3) is 0.387. The Labute approximate surface area is 1100 Å². The van der Waals surface area contributed by atoms with Gasteiger partial charge in [0.1, 0.15) is 37.1 Å². The van der Waals surface area contributed by atoms with E-state index in [1.54, 1.807) is 65.6 Å². The van der Waals surface area contributed by atoms with Crippen molar-refractivity contribution >= 4 is 87.6 Å². The molecule has 6 aliphatic heterocycles. The molecule has 15 nitrogen and oxygen atoms in total. The molecule has 120 heavy (non-hydrogen) atoms. The third-order valence-electron chi connectivity index (χ3n) is 18.4. The molecule has 9 heterocycles. The monoisotopic (exact) mass is 2450 g/mol. The van der Waals surface area contributed by atoms with Crippen LogP contribution in [0.2, 0.25) is 0 Å². The Morgan fingerprint density at radius 2 is 0.675 bits per heavy atom. The second-order valence-electron chi connectivity index (χ2n) is 29.3. The van der Waals surface area contributed by atoms with Gasteiger partial charge in [-0.1, -0.05) is 168 Å². The average Bonchev–Trinajstić information content (AvgIpc) is 1.52. The van der Waals surface area contributed by atoms with Crippen molar-refractivity contribution in [1.82, 2.24) is 15.0 Å². The first-order chi connectivity index (χ1) is 55.4. The number of thioether (sulfide) groups is 6. The van der Waals surface area contributed by atoms with Gasteiger partial charge in [-0.05, 0) is 197 Å². The zero-order valence-electron chi connectivity index (χ0n) is 74.0. The minimum absolute atomic E-state index is 0. The molecule has 612 valence electrons. The molecule has 27 heteroatoms. The van der Waals surface area contributed by atoms with Crippen molar-refractivity contribution in [2.24, 2.45) is 35.5 Å². The number of ether oxygens (including phenoxy) is 9. The van der Waals surface area contributed by atoms with E-state index < -0.39 is 0 Å². The van der Waals surface area contributed by atoms with Gasteiger partial charge in [-0.3, -0.25) is 15.0 Å². The summed E-state index contributed by atoms with van der Waals surface area (Å²) in [7, 11) is 8.37. The number of nitrogens with zero attached hydrogens (tertiary/aromatic N) is 6. The van der Waals surface area contributed by atoms with E-state index in [0.717, 1.165) is 85.8 Å². The van der Waals surface area contributed by atoms with E-state index in [0.29, 0.717) is 60.8 Å². The Morgan fingerprint density at radius 3 is 0.975 bits per heavy atom. The van der Waals surface area contributed by atoms with Crippen molar-refractivity contribution in [3.8, 4) is 17.2 Å². The van der Waals surface area contributed by atoms with Crippen LogP contribution < -0.4 is 442 Å². The van der Waals surface area contributed by atoms with Crippen LogP contribution in [0.4, 0.5) is 17.1 Å². The van der Waals surface area contributed by atoms with Gasteiger partial charge < -0.3 is 57.3 Å². The maximum Gasteiger partial charge on any atom is 1.00 e. The fourth-order valence-electron chi connectivity index (χ4n) is 12.1. The molecule has 3 aromatic heterocycles. The van der Waals surface area contributed by atoms with Crippen LogP contribution in [-0.4, -0.2) is 88.8 Å². The summed E-state index contributed by atoms with van der Waals surface area (Å²) in [6, 6.07) is 66.0. The van der Waals surface area contributed by atoms with E-state index in [2.05, 4.69) is 222 Å². The first kappa shape index (κ1) is 118. The van der Waals surface area contributed by atoms with Crippen LogP contribution >= 0.6 is 70.6 Å². The van der Waals surface area contributed by atoms with Crippen LogP contribution in [0.1, 0.15) is 117 Å². The number of rotatable bonds is 27. The Morgan fingerprint density at radius 1 is 0.342 bits per heavy atom. The van der Waals surface area contributed by atoms with E-state index in [1.165, 1.54) is 52.9 Å². The minimum atomic E-state index is 0. The largest absolute Gasteiger partial charge is 1.00 e. The molecule has 0 radical (unpaired) electrons. The Balaban J connectivity index is 0.000000300. The molecule has 6 saturated heterocycles. The Kier molecular flexibility index (Phi) is 66.8. The molecule has 6 fully saturated rings. The molecule has 0 bridgehead atoms. The van der Waals surface area contributed by atoms with E-state index >= 15 is 0 Å². The quantitative estimate of drug-likeness (QED) is 0.0537. The van der Waals surface area contributed by atoms with Gasteiger partial charge in [0.25, 0.3) is 0 Å². The van der Waals surface area contributed by atoms with Gasteiger partial charge in [0.15, 0.2) is 0 Å². The molecule has 6 aliphatic rings. The predicted molar refractivity (Wildman–Crippen MR) is 474 cm³/mol. The van der Waals surface area contributed by atoms with Gasteiger partial charge in [0.2, 0.25) is 0 Å². The van der Waals surface area contributed by atoms with Crippen LogP contribution in [0.15, 0.2) is 248 Å². The predicted octanol–water partition coefficient (Wildman–Crippen LogP) is 6.25. The fourth-order valence-corrected chi connectivity index (χ4v) is 19.0. The number of aromatic nitrogens is 3. The number of pyridine rings is 3. The summed E-state index contributed by atoms with van der Waals surface area (Å²) in [5.41, 5.74) is 8.22. The smallest absolute Gasteiger partial charge is 0.542 e. The second-order valence-corrected chi connectivity index (χ2v) is 36.7. The summed E-state index contributed by atoms with van der Waals surface area (Å²) in [6.07, 6.45) is 14.8.